The number of nitrogens with zero attached hydrogens (tertiary/aromatic N) is 2. The second-order valence-electron chi connectivity index (χ2n) is 6.67. The van der Waals surface area contributed by atoms with Crippen LogP contribution in [0.15, 0.2) is 42.6 Å². The number of anilines is 1. The number of fused-ring (bicyclic) bond motifs is 1. The number of benzene rings is 2. The number of carbonyl (C=O) groups excluding carboxylic acids is 2. The number of carbonyl (C=O) groups is 2. The largest absolute Gasteiger partial charge is 0.372 e. The molecule has 2 amide bonds. The maximum Gasteiger partial charge on any atom is 0.268 e. The van der Waals surface area contributed by atoms with Crippen LogP contribution < -0.4 is 10.2 Å². The molecule has 0 bridgehead atoms. The Labute approximate surface area is 164 Å². The monoisotopic (exact) mass is 402 g/mol. The van der Waals surface area contributed by atoms with Gasteiger partial charge in [-0.25, -0.2) is 4.39 Å². The van der Waals surface area contributed by atoms with Crippen molar-refractivity contribution < 1.29 is 19.1 Å². The predicted molar refractivity (Wildman–Crippen MR) is 101 cm³/mol. The predicted octanol–water partition coefficient (Wildman–Crippen LogP) is 2.14. The first-order valence-electron chi connectivity index (χ1n) is 8.57. The highest BCUT2D eigenvalue weighted by Gasteiger charge is 2.51. The van der Waals surface area contributed by atoms with Crippen molar-refractivity contribution in [2.24, 2.45) is 0 Å². The van der Waals surface area contributed by atoms with Crippen LogP contribution in [0, 0.1) is 5.82 Å². The molecule has 0 spiro atoms. The van der Waals surface area contributed by atoms with Crippen LogP contribution in [0.3, 0.4) is 0 Å². The lowest BCUT2D eigenvalue weighted by atomic mass is 10.0. The first kappa shape index (κ1) is 18.4. The third-order valence-corrected chi connectivity index (χ3v) is 5.00. The summed E-state index contributed by atoms with van der Waals surface area (Å²) in [5.41, 5.74) is -0.367. The number of hydrogen-bond donors (Lipinski definition) is 3. The van der Waals surface area contributed by atoms with E-state index in [1.54, 1.807) is 24.4 Å². The lowest BCUT2D eigenvalue weighted by Gasteiger charge is -2.22. The van der Waals surface area contributed by atoms with E-state index in [0.29, 0.717) is 11.3 Å². The van der Waals surface area contributed by atoms with E-state index in [9.17, 15) is 19.1 Å². The molecule has 4 rings (SSSR count). The van der Waals surface area contributed by atoms with Gasteiger partial charge in [0.25, 0.3) is 11.8 Å². The van der Waals surface area contributed by atoms with E-state index >= 15 is 0 Å². The van der Waals surface area contributed by atoms with Crippen molar-refractivity contribution in [3.63, 3.8) is 0 Å². The Morgan fingerprint density at radius 2 is 2.18 bits per heavy atom. The van der Waals surface area contributed by atoms with Gasteiger partial charge in [-0.1, -0.05) is 11.6 Å². The minimum Gasteiger partial charge on any atom is -0.372 e. The maximum absolute atomic E-state index is 13.4. The van der Waals surface area contributed by atoms with E-state index in [0.717, 1.165) is 17.0 Å². The summed E-state index contributed by atoms with van der Waals surface area (Å²) in [6.07, 6.45) is 1.58. The Morgan fingerprint density at radius 3 is 2.96 bits per heavy atom. The lowest BCUT2D eigenvalue weighted by Crippen LogP contribution is -2.52. The summed E-state index contributed by atoms with van der Waals surface area (Å²) in [6.45, 7) is 0.130. The van der Waals surface area contributed by atoms with Crippen LogP contribution in [-0.2, 0) is 16.1 Å². The molecule has 0 aliphatic carbocycles. The number of nitrogens with one attached hydrogen (secondary N) is 2. The molecule has 1 atom stereocenters. The van der Waals surface area contributed by atoms with Gasteiger partial charge in [-0.05, 0) is 42.0 Å². The van der Waals surface area contributed by atoms with Gasteiger partial charge in [0.1, 0.15) is 5.82 Å². The number of H-pyrrole nitrogens is 1. The SMILES string of the molecule is O=C(NCc1cc(F)cc(Cl)c1)[C@]1(O)CCN(c2ccc3[nH]ncc3c2)C1=O. The van der Waals surface area contributed by atoms with Gasteiger partial charge in [-0.15, -0.1) is 0 Å². The van der Waals surface area contributed by atoms with E-state index in [1.165, 1.54) is 17.0 Å². The second kappa shape index (κ2) is 6.88. The van der Waals surface area contributed by atoms with Crippen LogP contribution >= 0.6 is 11.6 Å². The zero-order valence-corrected chi connectivity index (χ0v) is 15.3. The molecule has 2 aromatic carbocycles. The van der Waals surface area contributed by atoms with Crippen molar-refractivity contribution >= 4 is 40.0 Å². The fourth-order valence-electron chi connectivity index (χ4n) is 3.30. The number of aromatic amines is 1. The molecule has 7 nitrogen and oxygen atoms in total. The smallest absolute Gasteiger partial charge is 0.268 e. The molecule has 28 heavy (non-hydrogen) atoms. The molecule has 3 aromatic rings. The average Bonchev–Trinajstić information content (AvgIpc) is 3.24. The van der Waals surface area contributed by atoms with Crippen LogP contribution in [0.2, 0.25) is 5.02 Å². The number of amides is 2. The van der Waals surface area contributed by atoms with E-state index in [4.69, 9.17) is 11.6 Å². The van der Waals surface area contributed by atoms with Crippen molar-refractivity contribution in [1.29, 1.82) is 0 Å². The zero-order valence-electron chi connectivity index (χ0n) is 14.6. The molecule has 1 aliphatic heterocycles. The maximum atomic E-state index is 13.4. The zero-order chi connectivity index (χ0) is 19.9. The van der Waals surface area contributed by atoms with E-state index in [1.807, 2.05) is 0 Å². The molecule has 2 heterocycles. The Hall–Kier alpha value is -2.97. The summed E-state index contributed by atoms with van der Waals surface area (Å²) < 4.78 is 13.4. The Morgan fingerprint density at radius 1 is 1.36 bits per heavy atom. The molecule has 3 N–H and O–H groups in total. The third-order valence-electron chi connectivity index (χ3n) is 4.78. The van der Waals surface area contributed by atoms with Crippen molar-refractivity contribution in [1.82, 2.24) is 15.5 Å². The molecule has 0 radical (unpaired) electrons. The first-order chi connectivity index (χ1) is 13.4. The summed E-state index contributed by atoms with van der Waals surface area (Å²) in [6, 6.07) is 9.12. The summed E-state index contributed by atoms with van der Waals surface area (Å²) >= 11 is 5.79. The molecule has 144 valence electrons. The number of aromatic nitrogens is 2. The van der Waals surface area contributed by atoms with Crippen molar-refractivity contribution in [2.75, 3.05) is 11.4 Å². The highest BCUT2D eigenvalue weighted by atomic mass is 35.5. The van der Waals surface area contributed by atoms with Gasteiger partial charge in [0, 0.05) is 35.6 Å². The molecule has 9 heteroatoms. The van der Waals surface area contributed by atoms with Gasteiger partial charge in [-0.2, -0.15) is 5.10 Å². The van der Waals surface area contributed by atoms with Crippen molar-refractivity contribution in [3.8, 4) is 0 Å². The van der Waals surface area contributed by atoms with Crippen molar-refractivity contribution in [2.45, 2.75) is 18.6 Å². The minimum atomic E-state index is -2.18. The van der Waals surface area contributed by atoms with E-state index < -0.39 is 23.2 Å². The van der Waals surface area contributed by atoms with E-state index in [-0.39, 0.29) is 24.5 Å². The molecule has 0 saturated carbocycles. The minimum absolute atomic E-state index is 0.0506. The molecule has 1 saturated heterocycles. The average molecular weight is 403 g/mol. The highest BCUT2D eigenvalue weighted by molar-refractivity contribution is 6.30. The molecule has 1 aromatic heterocycles. The third kappa shape index (κ3) is 3.21. The fraction of sp³-hybridized carbons (Fsp3) is 0.211. The topological polar surface area (TPSA) is 98.3 Å². The van der Waals surface area contributed by atoms with Crippen LogP contribution in [0.5, 0.6) is 0 Å². The van der Waals surface area contributed by atoms with E-state index in [2.05, 4.69) is 15.5 Å². The molecule has 0 unspecified atom stereocenters. The van der Waals surface area contributed by atoms with Crippen molar-refractivity contribution in [3.05, 3.63) is 59.0 Å². The molecule has 1 aliphatic rings. The van der Waals surface area contributed by atoms with Gasteiger partial charge >= 0.3 is 0 Å². The lowest BCUT2D eigenvalue weighted by molar-refractivity contribution is -0.149. The van der Waals surface area contributed by atoms with Gasteiger partial charge in [0.05, 0.1) is 11.7 Å². The summed E-state index contributed by atoms with van der Waals surface area (Å²) in [5.74, 6) is -2.07. The highest BCUT2D eigenvalue weighted by Crippen LogP contribution is 2.30. The first-order valence-corrected chi connectivity index (χ1v) is 8.95. The number of aliphatic hydroxyl groups is 1. The fourth-order valence-corrected chi connectivity index (χ4v) is 3.55. The number of rotatable bonds is 4. The summed E-state index contributed by atoms with van der Waals surface area (Å²) in [5, 5.41) is 20.9. The molecule has 1 fully saturated rings. The van der Waals surface area contributed by atoms with Gasteiger partial charge in [-0.3, -0.25) is 14.7 Å². The number of hydrogen-bond acceptors (Lipinski definition) is 4. The summed E-state index contributed by atoms with van der Waals surface area (Å²) in [4.78, 5) is 26.7. The van der Waals surface area contributed by atoms with Gasteiger partial charge in [0.2, 0.25) is 5.60 Å². The standard InChI is InChI=1S/C19H16ClFN4O3/c20-13-5-11(6-14(21)8-13)9-22-17(26)19(28)3-4-25(18(19)27)15-1-2-16-12(7-15)10-23-24-16/h1-2,5-8,10,28H,3-4,9H2,(H,22,26)(H,23,24)/t19-/m1/s1. The second-order valence-corrected chi connectivity index (χ2v) is 7.11. The quantitative estimate of drug-likeness (QED) is 0.582. The molecular formula is C19H16ClFN4O3. The van der Waals surface area contributed by atoms with Crippen LogP contribution in [0.25, 0.3) is 10.9 Å². The Bertz CT molecular complexity index is 1070. The van der Waals surface area contributed by atoms with Gasteiger partial charge in [0.15, 0.2) is 0 Å². The Kier molecular flexibility index (Phi) is 4.52. The summed E-state index contributed by atoms with van der Waals surface area (Å²) in [7, 11) is 0. The normalized spacial score (nSPS) is 19.4. The number of halogens is 2. The Balaban J connectivity index is 1.49. The van der Waals surface area contributed by atoms with Crippen LogP contribution in [0.4, 0.5) is 10.1 Å². The van der Waals surface area contributed by atoms with Crippen LogP contribution in [-0.4, -0.2) is 39.3 Å². The van der Waals surface area contributed by atoms with Gasteiger partial charge < -0.3 is 15.3 Å². The molecular weight excluding hydrogens is 387 g/mol. The van der Waals surface area contributed by atoms with Crippen LogP contribution in [0.1, 0.15) is 12.0 Å².